The molecule has 0 bridgehead atoms. The Bertz CT molecular complexity index is 71.9. The lowest BCUT2D eigenvalue weighted by atomic mass is 10.8. The first-order chi connectivity index (χ1) is 2.77. The second-order valence-corrected chi connectivity index (χ2v) is 0.924. The van der Waals surface area contributed by atoms with Crippen molar-refractivity contribution in [1.29, 1.82) is 0 Å². The van der Waals surface area contributed by atoms with Crippen LogP contribution in [0.1, 0.15) is 0 Å². The molecule has 4 heteroatoms. The van der Waals surface area contributed by atoms with Crippen LogP contribution in [0.4, 0.5) is 0 Å². The van der Waals surface area contributed by atoms with Crippen LogP contribution in [0.15, 0.2) is 0 Å². The lowest BCUT2D eigenvalue weighted by molar-refractivity contribution is -0.461. The molecule has 1 radical (unpaired) electrons. The first-order valence-corrected chi connectivity index (χ1v) is 1.65. The third-order valence-electron chi connectivity index (χ3n) is 0.194. The van der Waals surface area contributed by atoms with Crippen molar-refractivity contribution >= 4 is 17.6 Å². The summed E-state index contributed by atoms with van der Waals surface area (Å²) in [6.07, 6.45) is 0. The van der Waals surface area contributed by atoms with Gasteiger partial charge < -0.3 is 0 Å². The molecule has 0 heterocycles. The van der Waals surface area contributed by atoms with Crippen molar-refractivity contribution < 1.29 is 4.92 Å². The van der Waals surface area contributed by atoms with Gasteiger partial charge in [0.1, 0.15) is 5.37 Å². The maximum atomic E-state index is 9.28. The van der Waals surface area contributed by atoms with Gasteiger partial charge in [-0.1, -0.05) is 12.2 Å². The van der Waals surface area contributed by atoms with Gasteiger partial charge in [-0.25, -0.2) is 0 Å². The van der Waals surface area contributed by atoms with Crippen LogP contribution in [-0.4, -0.2) is 16.8 Å². The number of nitrogens with zero attached hydrogens (tertiary/aromatic N) is 1. The highest BCUT2D eigenvalue weighted by atomic mass is 32.1. The van der Waals surface area contributed by atoms with Crippen molar-refractivity contribution in [3.8, 4) is 0 Å². The third-order valence-corrected chi connectivity index (χ3v) is 0.323. The Balaban J connectivity index is 3.05. The first-order valence-electron chi connectivity index (χ1n) is 1.24. The number of rotatable bonds is 2. The van der Waals surface area contributed by atoms with E-state index < -0.39 is 4.92 Å². The zero-order valence-corrected chi connectivity index (χ0v) is 3.70. The van der Waals surface area contributed by atoms with E-state index in [1.54, 1.807) is 0 Å². The molecule has 0 amide bonds. The van der Waals surface area contributed by atoms with E-state index in [1.807, 2.05) is 5.37 Å². The molecule has 0 saturated heterocycles. The normalized spacial score (nSPS) is 7.33. The van der Waals surface area contributed by atoms with Gasteiger partial charge in [0.15, 0.2) is 0 Å². The molecule has 0 fully saturated rings. The molecule has 0 aromatic rings. The Labute approximate surface area is 40.1 Å². The van der Waals surface area contributed by atoms with Gasteiger partial charge in [-0.3, -0.25) is 10.1 Å². The highest BCUT2D eigenvalue weighted by Gasteiger charge is 1.84. The molecule has 0 spiro atoms. The second kappa shape index (κ2) is 2.71. The van der Waals surface area contributed by atoms with Crippen molar-refractivity contribution in [2.45, 2.75) is 0 Å². The first kappa shape index (κ1) is 5.49. The Morgan fingerprint density at radius 3 is 2.50 bits per heavy atom. The predicted molar refractivity (Wildman–Crippen MR) is 24.5 cm³/mol. The topological polar surface area (TPSA) is 43.1 Å². The molecular weight excluding hydrogens is 102 g/mol. The quantitative estimate of drug-likeness (QED) is 0.284. The minimum absolute atomic E-state index is 0.338. The monoisotopic (exact) mass is 104 g/mol. The Morgan fingerprint density at radius 2 is 2.50 bits per heavy atom. The molecule has 0 saturated carbocycles. The van der Waals surface area contributed by atoms with Crippen molar-refractivity contribution in [3.63, 3.8) is 0 Å². The molecule has 0 aromatic heterocycles. The largest absolute Gasteiger partial charge is 0.264 e. The minimum Gasteiger partial charge on any atom is -0.264 e. The predicted octanol–water partition coefficient (Wildman–Crippen LogP) is 0.140. The molecule has 6 heavy (non-hydrogen) atoms. The van der Waals surface area contributed by atoms with E-state index in [-0.39, 0.29) is 6.54 Å². The Morgan fingerprint density at radius 1 is 2.00 bits per heavy atom. The average Bonchev–Trinajstić information content (AvgIpc) is 1.35. The van der Waals surface area contributed by atoms with E-state index in [1.165, 1.54) is 0 Å². The zero-order chi connectivity index (χ0) is 4.99. The summed E-state index contributed by atoms with van der Waals surface area (Å²) in [5.41, 5.74) is 0. The summed E-state index contributed by atoms with van der Waals surface area (Å²) >= 11 is 4.04. The standard InChI is InChI=1S/C2H2NO2S/c4-3(5)1-2-6/h1H2. The lowest BCUT2D eigenvalue weighted by Gasteiger charge is -1.74. The van der Waals surface area contributed by atoms with Gasteiger partial charge in [-0.2, -0.15) is 0 Å². The van der Waals surface area contributed by atoms with E-state index in [4.69, 9.17) is 0 Å². The molecule has 0 aromatic carbocycles. The summed E-state index contributed by atoms with van der Waals surface area (Å²) in [4.78, 5) is 8.74. The Kier molecular flexibility index (Phi) is 2.48. The zero-order valence-electron chi connectivity index (χ0n) is 2.88. The van der Waals surface area contributed by atoms with Crippen molar-refractivity contribution in [3.05, 3.63) is 10.1 Å². The van der Waals surface area contributed by atoms with Gasteiger partial charge in [0, 0.05) is 4.92 Å². The fraction of sp³-hybridized carbons (Fsp3) is 0.500. The minimum atomic E-state index is -0.535. The maximum absolute atomic E-state index is 9.28. The van der Waals surface area contributed by atoms with Gasteiger partial charge in [0.05, 0.1) is 0 Å². The Hall–Kier alpha value is -0.510. The molecule has 3 nitrogen and oxygen atoms in total. The van der Waals surface area contributed by atoms with Crippen LogP contribution in [0.3, 0.4) is 0 Å². The van der Waals surface area contributed by atoms with Crippen LogP contribution >= 0.6 is 12.2 Å². The molecular formula is C2H2NO2S. The van der Waals surface area contributed by atoms with Crippen LogP contribution < -0.4 is 0 Å². The molecule has 0 N–H and O–H groups in total. The van der Waals surface area contributed by atoms with Crippen molar-refractivity contribution in [2.75, 3.05) is 6.54 Å². The van der Waals surface area contributed by atoms with Crippen LogP contribution in [-0.2, 0) is 0 Å². The fourth-order valence-corrected chi connectivity index (χ4v) is 0.158. The van der Waals surface area contributed by atoms with Gasteiger partial charge in [-0.05, 0) is 0 Å². The highest BCUT2D eigenvalue weighted by Crippen LogP contribution is 1.59. The smallest absolute Gasteiger partial charge is 0.240 e. The van der Waals surface area contributed by atoms with Crippen molar-refractivity contribution in [1.82, 2.24) is 0 Å². The van der Waals surface area contributed by atoms with E-state index in [9.17, 15) is 10.1 Å². The second-order valence-electron chi connectivity index (χ2n) is 0.635. The summed E-state index contributed by atoms with van der Waals surface area (Å²) in [7, 11) is 0. The number of hydrogen-bond acceptors (Lipinski definition) is 3. The number of thiocarbonyl (C=S) groups is 1. The summed E-state index contributed by atoms with van der Waals surface area (Å²) in [6, 6.07) is 0. The van der Waals surface area contributed by atoms with Crippen LogP contribution in [0.25, 0.3) is 0 Å². The van der Waals surface area contributed by atoms with E-state index in [0.29, 0.717) is 0 Å². The molecule has 0 aliphatic rings. The molecule has 0 rings (SSSR count). The fourth-order valence-electron chi connectivity index (χ4n) is 0.0527. The third kappa shape index (κ3) is 3.49. The molecule has 0 unspecified atom stereocenters. The SMILES string of the molecule is O=[N+]([O-])C[C]=S. The van der Waals surface area contributed by atoms with E-state index >= 15 is 0 Å². The molecule has 0 aliphatic heterocycles. The van der Waals surface area contributed by atoms with E-state index in [2.05, 4.69) is 12.2 Å². The van der Waals surface area contributed by atoms with Crippen LogP contribution in [0.5, 0.6) is 0 Å². The lowest BCUT2D eigenvalue weighted by Crippen LogP contribution is -1.98. The van der Waals surface area contributed by atoms with Gasteiger partial charge in [0.2, 0.25) is 6.54 Å². The number of nitro groups is 1. The average molecular weight is 104 g/mol. The number of hydrogen-bond donors (Lipinski definition) is 0. The molecule has 33 valence electrons. The summed E-state index contributed by atoms with van der Waals surface area (Å²) in [6.45, 7) is -0.338. The summed E-state index contributed by atoms with van der Waals surface area (Å²) in [5, 5.41) is 11.2. The van der Waals surface area contributed by atoms with Gasteiger partial charge in [-0.15, -0.1) is 0 Å². The highest BCUT2D eigenvalue weighted by molar-refractivity contribution is 7.79. The molecule has 0 aliphatic carbocycles. The maximum Gasteiger partial charge on any atom is 0.240 e. The van der Waals surface area contributed by atoms with E-state index in [0.717, 1.165) is 0 Å². The summed E-state index contributed by atoms with van der Waals surface area (Å²) in [5.74, 6) is 0. The van der Waals surface area contributed by atoms with Gasteiger partial charge >= 0.3 is 0 Å². The van der Waals surface area contributed by atoms with Crippen LogP contribution in [0.2, 0.25) is 0 Å². The van der Waals surface area contributed by atoms with Gasteiger partial charge in [0.25, 0.3) is 0 Å². The molecule has 0 atom stereocenters. The van der Waals surface area contributed by atoms with Crippen molar-refractivity contribution in [2.24, 2.45) is 0 Å². The van der Waals surface area contributed by atoms with Crippen LogP contribution in [0, 0.1) is 10.1 Å². The summed E-state index contributed by atoms with van der Waals surface area (Å²) < 4.78 is 0.